The maximum absolute atomic E-state index is 6.74. The molecule has 0 fully saturated rings. The molecule has 0 aliphatic rings. The van der Waals surface area contributed by atoms with Gasteiger partial charge in [0.15, 0.2) is 0 Å². The van der Waals surface area contributed by atoms with E-state index in [-0.39, 0.29) is 27.3 Å². The van der Waals surface area contributed by atoms with Crippen molar-refractivity contribution >= 4 is 132 Å². The maximum atomic E-state index is 6.74. The molecule has 0 aliphatic heterocycles. The average Bonchev–Trinajstić information content (AvgIpc) is 3.83. The van der Waals surface area contributed by atoms with Crippen molar-refractivity contribution in [3.8, 4) is 27.9 Å². The lowest BCUT2D eigenvalue weighted by molar-refractivity contribution is 1.21. The highest BCUT2D eigenvalue weighted by atomic mass is 15.0. The molecular weight excluding hydrogens is 601 g/mol. The van der Waals surface area contributed by atoms with E-state index in [1.807, 2.05) is 12.1 Å². The lowest BCUT2D eigenvalue weighted by Gasteiger charge is -2.23. The largest absolute Gasteiger partial charge is 0.354 e. The fourth-order valence-electron chi connectivity index (χ4n) is 7.86. The number of rotatable bonds is 3. The zero-order chi connectivity index (χ0) is 33.8. The lowest BCUT2D eigenvalue weighted by Crippen LogP contribution is -2.56. The summed E-state index contributed by atoms with van der Waals surface area (Å²) in [6.45, 7) is 0. The van der Waals surface area contributed by atoms with E-state index in [2.05, 4.69) is 124 Å². The molecule has 0 amide bonds. The maximum Gasteiger partial charge on any atom is 0.115 e. The number of nitrogens with zero attached hydrogens (tertiary/aromatic N) is 1. The van der Waals surface area contributed by atoms with Crippen LogP contribution in [0.5, 0.6) is 0 Å². The highest BCUT2D eigenvalue weighted by molar-refractivity contribution is 6.68. The number of nitrogens with one attached hydrogen (secondary N) is 2. The van der Waals surface area contributed by atoms with Gasteiger partial charge in [0.25, 0.3) is 0 Å². The van der Waals surface area contributed by atoms with E-state index in [0.717, 1.165) is 76.5 Å². The Morgan fingerprint density at radius 3 is 1.24 bits per heavy atom. The van der Waals surface area contributed by atoms with Crippen LogP contribution in [0.25, 0.3) is 93.4 Å². The van der Waals surface area contributed by atoms with Crippen molar-refractivity contribution in [3.05, 3.63) is 121 Å². The summed E-state index contributed by atoms with van der Waals surface area (Å²) in [5.74, 6) is 0. The topological polar surface area (TPSA) is 36.5 Å². The van der Waals surface area contributed by atoms with Crippen LogP contribution in [0, 0.1) is 0 Å². The number of hydrogen-bond donors (Lipinski definition) is 2. The van der Waals surface area contributed by atoms with Gasteiger partial charge in [-0.3, -0.25) is 0 Å². The minimum absolute atomic E-state index is 0.184. The van der Waals surface area contributed by atoms with Gasteiger partial charge in [-0.15, -0.1) is 16.4 Å². The summed E-state index contributed by atoms with van der Waals surface area (Å²) in [4.78, 5) is 7.58. The van der Waals surface area contributed by atoms with E-state index >= 15 is 0 Å². The molecule has 3 heterocycles. The smallest absolute Gasteiger partial charge is 0.115 e. The van der Waals surface area contributed by atoms with Crippen molar-refractivity contribution in [2.45, 2.75) is 0 Å². The highest BCUT2D eigenvalue weighted by Gasteiger charge is 2.23. The van der Waals surface area contributed by atoms with E-state index < -0.39 is 0 Å². The van der Waals surface area contributed by atoms with Gasteiger partial charge in [0.05, 0.1) is 22.1 Å². The summed E-state index contributed by atoms with van der Waals surface area (Å²) in [7, 11) is 32.6. The van der Waals surface area contributed by atoms with Gasteiger partial charge < -0.3 is 14.5 Å². The van der Waals surface area contributed by atoms with Crippen LogP contribution in [0.1, 0.15) is 0 Å². The minimum Gasteiger partial charge on any atom is -0.354 e. The molecule has 0 saturated carbocycles. The molecular formula is C42H22B5N3. The Bertz CT molecular complexity index is 2830. The Morgan fingerprint density at radius 1 is 0.380 bits per heavy atom. The molecule has 10 aromatic rings. The average molecular weight is 623 g/mol. The van der Waals surface area contributed by atoms with Crippen molar-refractivity contribution in [3.63, 3.8) is 0 Å². The summed E-state index contributed by atoms with van der Waals surface area (Å²) >= 11 is 0. The van der Waals surface area contributed by atoms with Gasteiger partial charge in [0, 0.05) is 49.0 Å². The van der Waals surface area contributed by atoms with Crippen LogP contribution in [-0.2, 0) is 0 Å². The number of aromatic nitrogens is 3. The van der Waals surface area contributed by atoms with Crippen LogP contribution in [0.15, 0.2) is 121 Å². The molecule has 8 heteroatoms. The number of H-pyrrole nitrogens is 2. The van der Waals surface area contributed by atoms with Crippen molar-refractivity contribution < 1.29 is 0 Å². The van der Waals surface area contributed by atoms with Gasteiger partial charge in [0.1, 0.15) is 39.2 Å². The second kappa shape index (κ2) is 10.6. The zero-order valence-electron chi connectivity index (χ0n) is 26.9. The zero-order valence-corrected chi connectivity index (χ0v) is 26.9. The van der Waals surface area contributed by atoms with Crippen molar-refractivity contribution in [1.29, 1.82) is 0 Å². The van der Waals surface area contributed by atoms with E-state index in [4.69, 9.17) is 39.2 Å². The van der Waals surface area contributed by atoms with Crippen LogP contribution in [0.3, 0.4) is 0 Å². The summed E-state index contributed by atoms with van der Waals surface area (Å²) < 4.78 is 2.07. The van der Waals surface area contributed by atoms with Gasteiger partial charge in [-0.05, 0) is 58.7 Å². The molecule has 220 valence electrons. The van der Waals surface area contributed by atoms with Gasteiger partial charge >= 0.3 is 0 Å². The van der Waals surface area contributed by atoms with E-state index in [1.54, 1.807) is 0 Å². The molecule has 0 bridgehead atoms. The highest BCUT2D eigenvalue weighted by Crippen LogP contribution is 2.43. The molecule has 7 aromatic carbocycles. The van der Waals surface area contributed by atoms with Gasteiger partial charge in [0.2, 0.25) is 0 Å². The molecule has 0 aliphatic carbocycles. The molecule has 0 atom stereocenters. The number of aromatic amines is 2. The Morgan fingerprint density at radius 2 is 0.800 bits per heavy atom. The summed E-state index contributed by atoms with van der Waals surface area (Å²) in [5.41, 5.74) is 12.2. The molecule has 3 aromatic heterocycles. The van der Waals surface area contributed by atoms with E-state index in [0.29, 0.717) is 5.69 Å². The first-order valence-electron chi connectivity index (χ1n) is 16.5. The quantitative estimate of drug-likeness (QED) is 0.249. The molecule has 50 heavy (non-hydrogen) atoms. The van der Waals surface area contributed by atoms with Crippen molar-refractivity contribution in [2.24, 2.45) is 0 Å². The van der Waals surface area contributed by atoms with E-state index in [9.17, 15) is 0 Å². The van der Waals surface area contributed by atoms with Crippen LogP contribution in [0.4, 0.5) is 0 Å². The fraction of sp³-hybridized carbons (Fsp3) is 0. The second-order valence-electron chi connectivity index (χ2n) is 13.0. The number of benzene rings is 7. The Kier molecular flexibility index (Phi) is 6.21. The normalized spacial score (nSPS) is 12.0. The first kappa shape index (κ1) is 29.2. The van der Waals surface area contributed by atoms with Gasteiger partial charge in [-0.25, -0.2) is 0 Å². The Hall–Kier alpha value is -5.74. The monoisotopic (exact) mass is 623 g/mol. The minimum atomic E-state index is 0.184. The molecule has 10 rings (SSSR count). The van der Waals surface area contributed by atoms with Gasteiger partial charge in [-0.1, -0.05) is 95.9 Å². The third-order valence-electron chi connectivity index (χ3n) is 10.3. The third-order valence-corrected chi connectivity index (χ3v) is 10.3. The molecule has 2 N–H and O–H groups in total. The second-order valence-corrected chi connectivity index (χ2v) is 13.0. The number of hydrogen-bond acceptors (Lipinski definition) is 0. The SMILES string of the molecule is [B]c1c([B])c([B])c(-n2c3ccc4c5cc(-c6ccccc6)ccc5[nH]c4c3c3c4[nH]c5ccc(-c6ccccc6)cc5c4ccc32)c([B])c1[B]. The Balaban J connectivity index is 1.36. The van der Waals surface area contributed by atoms with Crippen LogP contribution in [0.2, 0.25) is 0 Å². The lowest BCUT2D eigenvalue weighted by atomic mass is 9.61. The molecule has 3 nitrogen and oxygen atoms in total. The fourth-order valence-corrected chi connectivity index (χ4v) is 7.86. The third kappa shape index (κ3) is 3.99. The first-order valence-corrected chi connectivity index (χ1v) is 16.5. The van der Waals surface area contributed by atoms with Gasteiger partial charge in [-0.2, -0.15) is 0 Å². The molecule has 10 radical (unpaired) electrons. The van der Waals surface area contributed by atoms with Crippen molar-refractivity contribution in [1.82, 2.24) is 14.5 Å². The standard InChI is InChI=1S/C42H22B5N3/c43-35-36(44)38(46)42(39(47)37(35)45)50-31-17-13-25-27-19-23(21-7-3-1-4-8-21)11-15-29(27)48-40(25)33(31)34-32(50)18-14-26-28-20-24(22-9-5-2-6-10-22)12-16-30(28)49-41(26)34/h1-20,48-49H. The predicted octanol–water partition coefficient (Wildman–Crippen LogP) is 5.36. The molecule has 0 saturated heterocycles. The first-order chi connectivity index (χ1) is 24.4. The van der Waals surface area contributed by atoms with Crippen LogP contribution in [-0.4, -0.2) is 53.8 Å². The van der Waals surface area contributed by atoms with E-state index in [1.165, 1.54) is 11.1 Å². The molecule has 0 spiro atoms. The Labute approximate surface area is 294 Å². The van der Waals surface area contributed by atoms with Crippen molar-refractivity contribution in [2.75, 3.05) is 0 Å². The van der Waals surface area contributed by atoms with Crippen LogP contribution < -0.4 is 27.3 Å². The summed E-state index contributed by atoms with van der Waals surface area (Å²) in [6, 6.07) is 42.6. The predicted molar refractivity (Wildman–Crippen MR) is 217 cm³/mol. The number of fused-ring (bicyclic) bond motifs is 11. The molecule has 0 unspecified atom stereocenters. The van der Waals surface area contributed by atoms with Crippen LogP contribution >= 0.6 is 0 Å². The summed E-state index contributed by atoms with van der Waals surface area (Å²) in [5, 5.41) is 6.56. The summed E-state index contributed by atoms with van der Waals surface area (Å²) in [6.07, 6.45) is 0.